The van der Waals surface area contributed by atoms with Crippen molar-refractivity contribution in [3.63, 3.8) is 0 Å². The zero-order chi connectivity index (χ0) is 22.2. The fourth-order valence-electron chi connectivity index (χ4n) is 2.60. The molecule has 0 atom stereocenters. The average Bonchev–Trinajstić information content (AvgIpc) is 2.69. The van der Waals surface area contributed by atoms with Gasteiger partial charge >= 0.3 is 0 Å². The Bertz CT molecular complexity index is 864. The second-order valence-corrected chi connectivity index (χ2v) is 14.2. The summed E-state index contributed by atoms with van der Waals surface area (Å²) < 4.78 is 13.0. The smallest absolute Gasteiger partial charge is 0.136 e. The number of hydrogen-bond acceptors (Lipinski definition) is 2. The van der Waals surface area contributed by atoms with E-state index in [1.807, 2.05) is 36.4 Å². The van der Waals surface area contributed by atoms with Gasteiger partial charge in [0.15, 0.2) is 0 Å². The van der Waals surface area contributed by atoms with Crippen molar-refractivity contribution in [3.8, 4) is 17.6 Å². The Morgan fingerprint density at radius 1 is 0.967 bits per heavy atom. The molecule has 0 unspecified atom stereocenters. The van der Waals surface area contributed by atoms with Gasteiger partial charge < -0.3 is 9.47 Å². The lowest BCUT2D eigenvalue weighted by molar-refractivity contribution is 0.0972. The van der Waals surface area contributed by atoms with Crippen molar-refractivity contribution in [1.29, 1.82) is 0 Å². The zero-order valence-corrected chi connectivity index (χ0v) is 22.0. The highest BCUT2D eigenvalue weighted by Crippen LogP contribution is 2.30. The maximum atomic E-state index is 6.07. The molecule has 0 fully saturated rings. The van der Waals surface area contributed by atoms with Crippen molar-refractivity contribution in [2.75, 3.05) is 13.2 Å². The fraction of sp³-hybridized carbons (Fsp3) is 0.462. The summed E-state index contributed by atoms with van der Waals surface area (Å²) >= 11 is 3.64. The van der Waals surface area contributed by atoms with Gasteiger partial charge in [0.2, 0.25) is 0 Å². The summed E-state index contributed by atoms with van der Waals surface area (Å²) in [6.07, 6.45) is 0.903. The molecule has 2 rings (SSSR count). The Kier molecular flexibility index (Phi) is 9.22. The number of halogens is 1. The van der Waals surface area contributed by atoms with Crippen molar-refractivity contribution >= 4 is 24.7 Å². The van der Waals surface area contributed by atoms with Crippen LogP contribution in [0.2, 0.25) is 18.1 Å². The summed E-state index contributed by atoms with van der Waals surface area (Å²) in [7, 11) is -0.732. The highest BCUT2D eigenvalue weighted by Gasteiger charge is 2.24. The van der Waals surface area contributed by atoms with Gasteiger partial charge in [0.25, 0.3) is 0 Å². The van der Waals surface area contributed by atoms with Crippen molar-refractivity contribution in [1.82, 2.24) is 0 Å². The largest absolute Gasteiger partial charge is 0.488 e. The first-order valence-corrected chi connectivity index (χ1v) is 14.3. The van der Waals surface area contributed by atoms with Crippen LogP contribution in [0.5, 0.6) is 5.75 Å². The van der Waals surface area contributed by atoms with E-state index in [1.165, 1.54) is 0 Å². The van der Waals surface area contributed by atoms with Crippen molar-refractivity contribution in [2.24, 2.45) is 5.41 Å². The number of ether oxygens (including phenoxy) is 2. The van der Waals surface area contributed by atoms with E-state index in [4.69, 9.17) is 9.47 Å². The molecule has 2 aromatic rings. The Morgan fingerprint density at radius 3 is 2.33 bits per heavy atom. The molecule has 0 aliphatic carbocycles. The van der Waals surface area contributed by atoms with E-state index in [-0.39, 0.29) is 5.41 Å². The van der Waals surface area contributed by atoms with Crippen LogP contribution < -0.4 is 4.74 Å². The molecule has 2 nitrogen and oxygen atoms in total. The molecule has 0 aliphatic heterocycles. The van der Waals surface area contributed by atoms with Gasteiger partial charge in [0, 0.05) is 31.9 Å². The van der Waals surface area contributed by atoms with Crippen LogP contribution in [0.1, 0.15) is 45.2 Å². The highest BCUT2D eigenvalue weighted by molar-refractivity contribution is 9.10. The van der Waals surface area contributed by atoms with Crippen LogP contribution in [0.25, 0.3) is 0 Å². The van der Waals surface area contributed by atoms with Crippen molar-refractivity contribution in [3.05, 3.63) is 64.1 Å². The van der Waals surface area contributed by atoms with Crippen LogP contribution >= 0.6 is 15.9 Å². The maximum absolute atomic E-state index is 6.07. The Labute approximate surface area is 193 Å². The zero-order valence-electron chi connectivity index (χ0n) is 19.2. The van der Waals surface area contributed by atoms with Gasteiger partial charge in [-0.15, -0.1) is 0 Å². The molecule has 0 amide bonds. The van der Waals surface area contributed by atoms with Gasteiger partial charge in [0.05, 0.1) is 5.56 Å². The Balaban J connectivity index is 2.01. The van der Waals surface area contributed by atoms with Gasteiger partial charge in [-0.1, -0.05) is 75.2 Å². The van der Waals surface area contributed by atoms with Gasteiger partial charge in [0.1, 0.15) is 12.4 Å². The second kappa shape index (κ2) is 11.2. The third-order valence-electron chi connectivity index (χ3n) is 5.65. The van der Waals surface area contributed by atoms with E-state index in [0.29, 0.717) is 11.6 Å². The molecule has 0 radical (unpaired) electrons. The molecule has 0 aliphatic rings. The summed E-state index contributed by atoms with van der Waals surface area (Å²) in [5.74, 6) is 7.61. The summed E-state index contributed by atoms with van der Waals surface area (Å²) in [5, 5.41) is 0.329. The minimum Gasteiger partial charge on any atom is -0.488 e. The van der Waals surface area contributed by atoms with Gasteiger partial charge in [-0.25, -0.2) is 0 Å². The highest BCUT2D eigenvalue weighted by atomic mass is 79.9. The summed E-state index contributed by atoms with van der Waals surface area (Å²) in [4.78, 5) is 0. The molecular formula is C26H35BrO2Si. The molecule has 4 heteroatoms. The third kappa shape index (κ3) is 7.94. The third-order valence-corrected chi connectivity index (χ3v) is 9.60. The SMILES string of the molecule is C[SiH](C)C(C)(C)COCCC(C)(C)C#Cc1c(Br)cccc1OCc1ccccc1. The van der Waals surface area contributed by atoms with Crippen LogP contribution in [-0.4, -0.2) is 22.0 Å². The number of hydrogen-bond donors (Lipinski definition) is 0. The second-order valence-electron chi connectivity index (χ2n) is 9.47. The van der Waals surface area contributed by atoms with Crippen LogP contribution in [0, 0.1) is 17.3 Å². The lowest BCUT2D eigenvalue weighted by Crippen LogP contribution is -2.27. The summed E-state index contributed by atoms with van der Waals surface area (Å²) in [6.45, 7) is 15.8. The molecule has 0 saturated carbocycles. The molecule has 0 aromatic heterocycles. The van der Waals surface area contributed by atoms with E-state index in [1.54, 1.807) is 0 Å². The molecule has 30 heavy (non-hydrogen) atoms. The average molecular weight is 488 g/mol. The van der Waals surface area contributed by atoms with Crippen LogP contribution in [-0.2, 0) is 11.3 Å². The lowest BCUT2D eigenvalue weighted by Gasteiger charge is -2.28. The van der Waals surface area contributed by atoms with E-state index in [0.717, 1.165) is 41.0 Å². The number of rotatable bonds is 9. The minimum atomic E-state index is -0.732. The van der Waals surface area contributed by atoms with Crippen molar-refractivity contribution < 1.29 is 9.47 Å². The first-order valence-electron chi connectivity index (χ1n) is 10.7. The molecule has 2 aromatic carbocycles. The molecule has 0 bridgehead atoms. The molecule has 162 valence electrons. The minimum absolute atomic E-state index is 0.134. The predicted octanol–water partition coefficient (Wildman–Crippen LogP) is 7.08. The van der Waals surface area contributed by atoms with Crippen LogP contribution in [0.15, 0.2) is 53.0 Å². The first-order chi connectivity index (χ1) is 14.1. The monoisotopic (exact) mass is 486 g/mol. The standard InChI is InChI=1S/C26H35BrO2Si/c1-25(2,17-18-28-20-26(3,4)30(5)6)16-15-22-23(27)13-10-14-24(22)29-19-21-11-8-7-9-12-21/h7-14,30H,17-20H2,1-6H3. The normalized spacial score (nSPS) is 11.9. The van der Waals surface area contributed by atoms with Crippen molar-refractivity contribution in [2.45, 2.75) is 58.9 Å². The topological polar surface area (TPSA) is 18.5 Å². The van der Waals surface area contributed by atoms with E-state index < -0.39 is 8.80 Å². The quantitative estimate of drug-likeness (QED) is 0.214. The van der Waals surface area contributed by atoms with Crippen LogP contribution in [0.4, 0.5) is 0 Å². The van der Waals surface area contributed by atoms with Gasteiger partial charge in [-0.05, 0) is 58.9 Å². The summed E-state index contributed by atoms with van der Waals surface area (Å²) in [6, 6.07) is 16.2. The van der Waals surface area contributed by atoms with E-state index in [2.05, 4.69) is 80.7 Å². The van der Waals surface area contributed by atoms with Gasteiger partial charge in [-0.2, -0.15) is 0 Å². The molecule has 0 N–H and O–H groups in total. The van der Waals surface area contributed by atoms with E-state index in [9.17, 15) is 0 Å². The van der Waals surface area contributed by atoms with Crippen LogP contribution in [0.3, 0.4) is 0 Å². The Morgan fingerprint density at radius 2 is 1.67 bits per heavy atom. The maximum Gasteiger partial charge on any atom is 0.136 e. The fourth-order valence-corrected chi connectivity index (χ4v) is 3.50. The lowest BCUT2D eigenvalue weighted by atomic mass is 9.90. The Hall–Kier alpha value is -1.54. The first kappa shape index (κ1) is 24.7. The number of benzene rings is 2. The molecule has 0 saturated heterocycles. The van der Waals surface area contributed by atoms with Gasteiger partial charge in [-0.3, -0.25) is 0 Å². The molecular weight excluding hydrogens is 452 g/mol. The predicted molar refractivity (Wildman–Crippen MR) is 134 cm³/mol. The molecule has 0 heterocycles. The summed E-state index contributed by atoms with van der Waals surface area (Å²) in [5.41, 5.74) is 1.90. The molecule has 0 spiro atoms. The van der Waals surface area contributed by atoms with E-state index >= 15 is 0 Å².